The number of hydrogen-bond donors (Lipinski definition) is 2. The average Bonchev–Trinajstić information content (AvgIpc) is 2.38. The van der Waals surface area contributed by atoms with Gasteiger partial charge < -0.3 is 10.4 Å². The zero-order chi connectivity index (χ0) is 13.4. The molecule has 2 N–H and O–H groups in total. The number of aliphatic hydroxyl groups excluding tert-OH is 1. The Morgan fingerprint density at radius 1 is 1.50 bits per heavy atom. The molecule has 3 nitrogen and oxygen atoms in total. The second-order valence-electron chi connectivity index (χ2n) is 3.88. The van der Waals surface area contributed by atoms with Crippen LogP contribution in [0.2, 0.25) is 0 Å². The van der Waals surface area contributed by atoms with Crippen LogP contribution in [-0.2, 0) is 4.79 Å². The van der Waals surface area contributed by atoms with E-state index in [-0.39, 0.29) is 24.4 Å². The lowest BCUT2D eigenvalue weighted by atomic mass is 10.2. The molecule has 1 atom stereocenters. The van der Waals surface area contributed by atoms with Gasteiger partial charge in [0, 0.05) is 17.1 Å². The monoisotopic (exact) mass is 271 g/mol. The summed E-state index contributed by atoms with van der Waals surface area (Å²) < 4.78 is 13.3. The van der Waals surface area contributed by atoms with Crippen LogP contribution in [0.5, 0.6) is 0 Å². The maximum Gasteiger partial charge on any atom is 0.221 e. The first-order valence-corrected chi connectivity index (χ1v) is 6.93. The number of rotatable bonds is 7. The molecule has 0 aromatic heterocycles. The van der Waals surface area contributed by atoms with Gasteiger partial charge in [0.25, 0.3) is 0 Å². The van der Waals surface area contributed by atoms with Crippen LogP contribution in [0.15, 0.2) is 29.2 Å². The minimum Gasteiger partial charge on any atom is -0.394 e. The van der Waals surface area contributed by atoms with Gasteiger partial charge in [0.1, 0.15) is 5.82 Å². The van der Waals surface area contributed by atoms with E-state index in [1.807, 2.05) is 6.92 Å². The van der Waals surface area contributed by atoms with E-state index in [1.165, 1.54) is 17.8 Å². The van der Waals surface area contributed by atoms with Crippen LogP contribution in [0.1, 0.15) is 19.8 Å². The number of nitrogens with one attached hydrogen (secondary N) is 1. The summed E-state index contributed by atoms with van der Waals surface area (Å²) in [7, 11) is 0. The predicted molar refractivity (Wildman–Crippen MR) is 71.0 cm³/mol. The maximum atomic E-state index is 13.3. The van der Waals surface area contributed by atoms with Crippen molar-refractivity contribution < 1.29 is 14.3 Å². The van der Waals surface area contributed by atoms with Gasteiger partial charge in [0.15, 0.2) is 0 Å². The number of carbonyl (C=O) groups excluding carboxylic acids is 1. The summed E-state index contributed by atoms with van der Waals surface area (Å²) in [6.45, 7) is 1.85. The molecule has 0 fully saturated rings. The summed E-state index contributed by atoms with van der Waals surface area (Å²) in [5.41, 5.74) is 0. The Labute approximate surface area is 111 Å². The molecule has 5 heteroatoms. The lowest BCUT2D eigenvalue weighted by Gasteiger charge is -2.13. The van der Waals surface area contributed by atoms with Gasteiger partial charge in [-0.2, -0.15) is 0 Å². The third kappa shape index (κ3) is 5.06. The molecule has 0 aliphatic heterocycles. The van der Waals surface area contributed by atoms with Gasteiger partial charge in [0.05, 0.1) is 12.6 Å². The Kier molecular flexibility index (Phi) is 6.75. The maximum absolute atomic E-state index is 13.3. The van der Waals surface area contributed by atoms with Crippen LogP contribution in [0.3, 0.4) is 0 Å². The molecular formula is C13H18FNO2S. The highest BCUT2D eigenvalue weighted by Gasteiger charge is 2.09. The van der Waals surface area contributed by atoms with Crippen molar-refractivity contribution in [2.24, 2.45) is 0 Å². The van der Waals surface area contributed by atoms with E-state index >= 15 is 0 Å². The van der Waals surface area contributed by atoms with Gasteiger partial charge in [-0.3, -0.25) is 4.79 Å². The molecule has 1 amide bonds. The fourth-order valence-electron chi connectivity index (χ4n) is 1.39. The molecule has 1 aromatic carbocycles. The SMILES string of the molecule is CC[C@H](CO)NC(=O)CCSc1ccccc1F. The Balaban J connectivity index is 2.29. The molecule has 0 unspecified atom stereocenters. The van der Waals surface area contributed by atoms with Crippen molar-refractivity contribution in [1.82, 2.24) is 5.32 Å². The normalized spacial score (nSPS) is 12.2. The molecule has 0 radical (unpaired) electrons. The number of carbonyl (C=O) groups is 1. The molecule has 0 spiro atoms. The molecule has 1 aromatic rings. The molecular weight excluding hydrogens is 253 g/mol. The first-order valence-electron chi connectivity index (χ1n) is 5.95. The van der Waals surface area contributed by atoms with Crippen molar-refractivity contribution in [3.63, 3.8) is 0 Å². The van der Waals surface area contributed by atoms with Crippen LogP contribution in [0.4, 0.5) is 4.39 Å². The molecule has 0 saturated heterocycles. The quantitative estimate of drug-likeness (QED) is 0.747. The van der Waals surface area contributed by atoms with Gasteiger partial charge >= 0.3 is 0 Å². The lowest BCUT2D eigenvalue weighted by molar-refractivity contribution is -0.121. The second-order valence-corrected chi connectivity index (χ2v) is 5.02. The molecule has 100 valence electrons. The molecule has 0 aliphatic carbocycles. The Morgan fingerprint density at radius 2 is 2.22 bits per heavy atom. The van der Waals surface area contributed by atoms with E-state index in [4.69, 9.17) is 5.11 Å². The number of halogens is 1. The number of aliphatic hydroxyl groups is 1. The van der Waals surface area contributed by atoms with Crippen LogP contribution >= 0.6 is 11.8 Å². The van der Waals surface area contributed by atoms with Gasteiger partial charge in [-0.15, -0.1) is 11.8 Å². The Bertz CT molecular complexity index is 383. The molecule has 0 aliphatic rings. The van der Waals surface area contributed by atoms with Crippen LogP contribution in [0, 0.1) is 5.82 Å². The minimum absolute atomic E-state index is 0.0529. The molecule has 1 rings (SSSR count). The van der Waals surface area contributed by atoms with E-state index in [9.17, 15) is 9.18 Å². The highest BCUT2D eigenvalue weighted by atomic mass is 32.2. The zero-order valence-corrected chi connectivity index (χ0v) is 11.2. The average molecular weight is 271 g/mol. The number of hydrogen-bond acceptors (Lipinski definition) is 3. The van der Waals surface area contributed by atoms with Crippen LogP contribution < -0.4 is 5.32 Å². The van der Waals surface area contributed by atoms with Crippen molar-refractivity contribution in [1.29, 1.82) is 0 Å². The summed E-state index contributed by atoms with van der Waals surface area (Å²) in [6.07, 6.45) is 1.01. The Morgan fingerprint density at radius 3 is 2.83 bits per heavy atom. The predicted octanol–water partition coefficient (Wildman–Crippen LogP) is 2.20. The molecule has 0 heterocycles. The summed E-state index contributed by atoms with van der Waals surface area (Å²) in [5, 5.41) is 11.7. The Hall–Kier alpha value is -1.07. The summed E-state index contributed by atoms with van der Waals surface area (Å²) in [5.74, 6) is 0.152. The minimum atomic E-state index is -0.260. The topological polar surface area (TPSA) is 49.3 Å². The lowest BCUT2D eigenvalue weighted by Crippen LogP contribution is -2.37. The van der Waals surface area contributed by atoms with Crippen molar-refractivity contribution >= 4 is 17.7 Å². The van der Waals surface area contributed by atoms with Gasteiger partial charge in [0.2, 0.25) is 5.91 Å². The smallest absolute Gasteiger partial charge is 0.221 e. The fraction of sp³-hybridized carbons (Fsp3) is 0.462. The largest absolute Gasteiger partial charge is 0.394 e. The molecule has 0 saturated carbocycles. The van der Waals surface area contributed by atoms with Crippen molar-refractivity contribution in [3.05, 3.63) is 30.1 Å². The van der Waals surface area contributed by atoms with Crippen molar-refractivity contribution in [2.45, 2.75) is 30.7 Å². The first-order chi connectivity index (χ1) is 8.67. The van der Waals surface area contributed by atoms with Crippen LogP contribution in [0.25, 0.3) is 0 Å². The third-order valence-corrected chi connectivity index (χ3v) is 3.55. The van der Waals surface area contributed by atoms with Crippen molar-refractivity contribution in [3.8, 4) is 0 Å². The first kappa shape index (κ1) is 15.0. The number of amides is 1. The van der Waals surface area contributed by atoms with E-state index < -0.39 is 0 Å². The van der Waals surface area contributed by atoms with Gasteiger partial charge in [-0.05, 0) is 18.6 Å². The summed E-state index contributed by atoms with van der Waals surface area (Å²) in [6, 6.07) is 6.32. The van der Waals surface area contributed by atoms with Crippen molar-refractivity contribution in [2.75, 3.05) is 12.4 Å². The highest BCUT2D eigenvalue weighted by molar-refractivity contribution is 7.99. The summed E-state index contributed by atoms with van der Waals surface area (Å²) in [4.78, 5) is 12.1. The van der Waals surface area contributed by atoms with E-state index in [1.54, 1.807) is 18.2 Å². The van der Waals surface area contributed by atoms with Gasteiger partial charge in [-0.1, -0.05) is 19.1 Å². The third-order valence-electron chi connectivity index (χ3n) is 2.50. The van der Waals surface area contributed by atoms with E-state index in [0.717, 1.165) is 0 Å². The highest BCUT2D eigenvalue weighted by Crippen LogP contribution is 2.21. The molecule has 18 heavy (non-hydrogen) atoms. The number of benzene rings is 1. The van der Waals surface area contributed by atoms with Crippen LogP contribution in [-0.4, -0.2) is 29.4 Å². The zero-order valence-electron chi connectivity index (χ0n) is 10.4. The standard InChI is InChI=1S/C13H18FNO2S/c1-2-10(9-16)15-13(17)7-8-18-12-6-4-3-5-11(12)14/h3-6,10,16H,2,7-9H2,1H3,(H,15,17)/t10-/m1/s1. The van der Waals surface area contributed by atoms with E-state index in [2.05, 4.69) is 5.32 Å². The van der Waals surface area contributed by atoms with Gasteiger partial charge in [-0.25, -0.2) is 4.39 Å². The second kappa shape index (κ2) is 8.11. The fourth-order valence-corrected chi connectivity index (χ4v) is 2.28. The van der Waals surface area contributed by atoms with E-state index in [0.29, 0.717) is 23.5 Å². The molecule has 0 bridgehead atoms. The number of thioether (sulfide) groups is 1. The summed E-state index contributed by atoms with van der Waals surface area (Å²) >= 11 is 1.32.